The van der Waals surface area contributed by atoms with Crippen molar-refractivity contribution in [1.82, 2.24) is 15.7 Å². The molecule has 0 spiro atoms. The molecule has 1 aliphatic heterocycles. The van der Waals surface area contributed by atoms with Crippen molar-refractivity contribution in [3.05, 3.63) is 29.3 Å². The molecular formula is C24H39N3O6. The predicted molar refractivity (Wildman–Crippen MR) is 124 cm³/mol. The van der Waals surface area contributed by atoms with Gasteiger partial charge in [-0.1, -0.05) is 19.1 Å². The van der Waals surface area contributed by atoms with Gasteiger partial charge in [-0.2, -0.15) is 5.48 Å². The van der Waals surface area contributed by atoms with Crippen LogP contribution in [-0.4, -0.2) is 62.2 Å². The molecule has 1 aliphatic rings. The second kappa shape index (κ2) is 14.1. The fourth-order valence-corrected chi connectivity index (χ4v) is 3.68. The van der Waals surface area contributed by atoms with Gasteiger partial charge < -0.3 is 15.0 Å². The van der Waals surface area contributed by atoms with E-state index in [0.29, 0.717) is 39.0 Å². The Balaban J connectivity index is 1.67. The van der Waals surface area contributed by atoms with E-state index < -0.39 is 6.04 Å². The van der Waals surface area contributed by atoms with Gasteiger partial charge in [-0.05, 0) is 56.7 Å². The molecule has 1 unspecified atom stereocenters. The number of carbonyl (C=O) groups is 2. The molecule has 0 bridgehead atoms. The molecule has 1 fully saturated rings. The molecule has 3 atom stereocenters. The number of rotatable bonds is 13. The van der Waals surface area contributed by atoms with Gasteiger partial charge in [-0.3, -0.25) is 14.4 Å². The van der Waals surface area contributed by atoms with Crippen LogP contribution in [0.2, 0.25) is 0 Å². The second-order valence-electron chi connectivity index (χ2n) is 8.41. The van der Waals surface area contributed by atoms with Crippen molar-refractivity contribution in [1.29, 1.82) is 0 Å². The number of likely N-dealkylation sites (N-methyl/N-ethyl adjacent to an activating group) is 1. The van der Waals surface area contributed by atoms with Crippen molar-refractivity contribution in [3.8, 4) is 5.75 Å². The Bertz CT molecular complexity index is 760. The molecule has 2 rings (SSSR count). The van der Waals surface area contributed by atoms with E-state index in [1.807, 2.05) is 39.0 Å². The average molecular weight is 466 g/mol. The van der Waals surface area contributed by atoms with E-state index in [-0.39, 0.29) is 24.0 Å². The summed E-state index contributed by atoms with van der Waals surface area (Å²) in [5, 5.41) is 3.00. The topological polar surface area (TPSA) is 98.4 Å². The maximum atomic E-state index is 12.8. The predicted octanol–water partition coefficient (Wildman–Crippen LogP) is 2.66. The molecule has 2 amide bonds. The first-order valence-corrected chi connectivity index (χ1v) is 11.7. The summed E-state index contributed by atoms with van der Waals surface area (Å²) >= 11 is 0. The molecular weight excluding hydrogens is 426 g/mol. The van der Waals surface area contributed by atoms with E-state index in [0.717, 1.165) is 29.7 Å². The van der Waals surface area contributed by atoms with Gasteiger partial charge in [-0.25, -0.2) is 9.78 Å². The minimum atomic E-state index is -0.431. The summed E-state index contributed by atoms with van der Waals surface area (Å²) in [6.07, 6.45) is 3.07. The Morgan fingerprint density at radius 3 is 2.79 bits per heavy atom. The van der Waals surface area contributed by atoms with E-state index in [1.54, 1.807) is 19.1 Å². The number of carbonyl (C=O) groups excluding carboxylic acids is 2. The van der Waals surface area contributed by atoms with Crippen LogP contribution in [0, 0.1) is 6.92 Å². The number of hydrogen-bond donors (Lipinski definition) is 2. The van der Waals surface area contributed by atoms with Crippen molar-refractivity contribution in [2.45, 2.75) is 77.7 Å². The van der Waals surface area contributed by atoms with Crippen LogP contribution in [0.5, 0.6) is 5.75 Å². The van der Waals surface area contributed by atoms with E-state index in [4.69, 9.17) is 19.3 Å². The quantitative estimate of drug-likeness (QED) is 0.263. The Morgan fingerprint density at radius 1 is 1.30 bits per heavy atom. The van der Waals surface area contributed by atoms with Gasteiger partial charge in [0.25, 0.3) is 0 Å². The molecule has 0 aromatic heterocycles. The van der Waals surface area contributed by atoms with Crippen LogP contribution in [0.3, 0.4) is 0 Å². The number of unbranched alkanes of at least 4 members (excludes halogenated alkanes) is 1. The van der Waals surface area contributed by atoms with Crippen molar-refractivity contribution < 1.29 is 28.9 Å². The lowest BCUT2D eigenvalue weighted by Crippen LogP contribution is -2.46. The van der Waals surface area contributed by atoms with E-state index in [1.165, 1.54) is 0 Å². The number of methoxy groups -OCH3 is 1. The number of hydrogen-bond acceptors (Lipinski definition) is 7. The van der Waals surface area contributed by atoms with Crippen LogP contribution in [0.1, 0.15) is 57.1 Å². The fourth-order valence-electron chi connectivity index (χ4n) is 3.68. The highest BCUT2D eigenvalue weighted by molar-refractivity contribution is 5.81. The highest BCUT2D eigenvalue weighted by Gasteiger charge is 2.25. The van der Waals surface area contributed by atoms with Crippen LogP contribution in [0.4, 0.5) is 0 Å². The van der Waals surface area contributed by atoms with Gasteiger partial charge in [0, 0.05) is 20.0 Å². The maximum absolute atomic E-state index is 12.8. The standard InChI is InChI=1S/C24H39N3O6/c1-6-20(26-31-16-19-10-9-11-22(30-5)17(19)2)24(29)27(4)14-8-7-12-23(28)25-21-13-15-32-33-18(21)3/h9-11,18,20-21,26H,6-8,12-16H2,1-5H3,(H,25,28)/t18-,20?,21-/m0/s1. The van der Waals surface area contributed by atoms with Crippen molar-refractivity contribution in [2.75, 3.05) is 27.3 Å². The first-order chi connectivity index (χ1) is 15.9. The van der Waals surface area contributed by atoms with Crippen molar-refractivity contribution in [2.24, 2.45) is 0 Å². The third-order valence-corrected chi connectivity index (χ3v) is 5.94. The Hall–Kier alpha value is -2.20. The van der Waals surface area contributed by atoms with Crippen LogP contribution < -0.4 is 15.5 Å². The number of nitrogens with zero attached hydrogens (tertiary/aromatic N) is 1. The average Bonchev–Trinajstić information content (AvgIpc) is 2.81. The summed E-state index contributed by atoms with van der Waals surface area (Å²) in [5.41, 5.74) is 4.92. The summed E-state index contributed by atoms with van der Waals surface area (Å²) in [7, 11) is 3.42. The van der Waals surface area contributed by atoms with Crippen molar-refractivity contribution in [3.63, 3.8) is 0 Å². The molecule has 186 valence electrons. The van der Waals surface area contributed by atoms with Gasteiger partial charge >= 0.3 is 0 Å². The Labute approximate surface area is 197 Å². The van der Waals surface area contributed by atoms with Crippen LogP contribution >= 0.6 is 0 Å². The van der Waals surface area contributed by atoms with Gasteiger partial charge in [0.15, 0.2) is 0 Å². The smallest absolute Gasteiger partial charge is 0.241 e. The molecule has 9 heteroatoms. The third-order valence-electron chi connectivity index (χ3n) is 5.94. The monoisotopic (exact) mass is 465 g/mol. The zero-order valence-electron chi connectivity index (χ0n) is 20.5. The molecule has 9 nitrogen and oxygen atoms in total. The highest BCUT2D eigenvalue weighted by Crippen LogP contribution is 2.21. The van der Waals surface area contributed by atoms with Crippen LogP contribution in [0.15, 0.2) is 18.2 Å². The van der Waals surface area contributed by atoms with E-state index in [2.05, 4.69) is 10.8 Å². The lowest BCUT2D eigenvalue weighted by Gasteiger charge is -2.28. The molecule has 1 aromatic rings. The first kappa shape index (κ1) is 27.0. The number of hydroxylamine groups is 1. The lowest BCUT2D eigenvalue weighted by molar-refractivity contribution is -0.346. The number of ether oxygens (including phenoxy) is 1. The molecule has 0 aliphatic carbocycles. The van der Waals surface area contributed by atoms with E-state index in [9.17, 15) is 9.59 Å². The van der Waals surface area contributed by atoms with Gasteiger partial charge in [-0.15, -0.1) is 0 Å². The summed E-state index contributed by atoms with van der Waals surface area (Å²) in [6, 6.07) is 5.34. The van der Waals surface area contributed by atoms with Gasteiger partial charge in [0.1, 0.15) is 17.9 Å². The number of benzene rings is 1. The number of nitrogens with one attached hydrogen (secondary N) is 2. The fraction of sp³-hybridized carbons (Fsp3) is 0.667. The van der Waals surface area contributed by atoms with Gasteiger partial charge in [0.05, 0.1) is 26.4 Å². The Morgan fingerprint density at radius 2 is 2.09 bits per heavy atom. The van der Waals surface area contributed by atoms with Crippen LogP contribution in [0.25, 0.3) is 0 Å². The molecule has 1 saturated heterocycles. The zero-order chi connectivity index (χ0) is 24.2. The summed E-state index contributed by atoms with van der Waals surface area (Å²) in [4.78, 5) is 42.3. The molecule has 2 N–H and O–H groups in total. The Kier molecular flexibility index (Phi) is 11.6. The molecule has 0 radical (unpaired) electrons. The highest BCUT2D eigenvalue weighted by atomic mass is 17.2. The van der Waals surface area contributed by atoms with E-state index >= 15 is 0 Å². The summed E-state index contributed by atoms with van der Waals surface area (Å²) in [6.45, 7) is 7.20. The molecule has 0 saturated carbocycles. The number of amides is 2. The molecule has 33 heavy (non-hydrogen) atoms. The summed E-state index contributed by atoms with van der Waals surface area (Å²) in [5.74, 6) is 0.779. The normalized spacial score (nSPS) is 19.1. The first-order valence-electron chi connectivity index (χ1n) is 11.7. The van der Waals surface area contributed by atoms with Crippen molar-refractivity contribution >= 4 is 11.8 Å². The lowest BCUT2D eigenvalue weighted by atomic mass is 10.1. The minimum absolute atomic E-state index is 0.000617. The zero-order valence-corrected chi connectivity index (χ0v) is 20.5. The van der Waals surface area contributed by atoms with Gasteiger partial charge in [0.2, 0.25) is 11.8 Å². The molecule has 1 aromatic carbocycles. The minimum Gasteiger partial charge on any atom is -0.496 e. The molecule has 1 heterocycles. The maximum Gasteiger partial charge on any atom is 0.241 e. The SMILES string of the molecule is CCC(NOCc1cccc(OC)c1C)C(=O)N(C)CCCCC(=O)N[C@H]1CCOO[C@H]1C. The third kappa shape index (κ3) is 8.58. The van der Waals surface area contributed by atoms with Crippen LogP contribution in [-0.2, 0) is 30.8 Å². The second-order valence-corrected chi connectivity index (χ2v) is 8.41. The largest absolute Gasteiger partial charge is 0.496 e. The summed E-state index contributed by atoms with van der Waals surface area (Å²) < 4.78 is 5.34.